The Morgan fingerprint density at radius 2 is 1.73 bits per heavy atom. The number of carboxylic acid groups (broad SMARTS) is 2. The Morgan fingerprint density at radius 3 is 2.38 bits per heavy atom. The molecule has 2 atom stereocenters. The van der Waals surface area contributed by atoms with Gasteiger partial charge in [-0.1, -0.05) is 43.5 Å². The maximum atomic E-state index is 12.1. The fourth-order valence-corrected chi connectivity index (χ4v) is 3.51. The molecule has 0 aliphatic heterocycles. The fraction of sp³-hybridized carbons (Fsp3) is 0.476. The van der Waals surface area contributed by atoms with Gasteiger partial charge in [0.25, 0.3) is 0 Å². The lowest BCUT2D eigenvalue weighted by Gasteiger charge is -2.14. The highest BCUT2D eigenvalue weighted by Crippen LogP contribution is 2.34. The summed E-state index contributed by atoms with van der Waals surface area (Å²) in [7, 11) is 0. The highest BCUT2D eigenvalue weighted by molar-refractivity contribution is 5.87. The van der Waals surface area contributed by atoms with Crippen LogP contribution in [-0.4, -0.2) is 27.9 Å². The van der Waals surface area contributed by atoms with Gasteiger partial charge in [-0.2, -0.15) is 0 Å². The second kappa shape index (κ2) is 9.90. The first kappa shape index (κ1) is 19.9. The van der Waals surface area contributed by atoms with Crippen molar-refractivity contribution >= 4 is 23.8 Å². The van der Waals surface area contributed by atoms with Gasteiger partial charge in [0.1, 0.15) is 5.78 Å². The van der Waals surface area contributed by atoms with Crippen LogP contribution in [0.4, 0.5) is 0 Å². The molecule has 1 fully saturated rings. The molecule has 2 unspecified atom stereocenters. The highest BCUT2D eigenvalue weighted by atomic mass is 16.4. The van der Waals surface area contributed by atoms with Crippen molar-refractivity contribution < 1.29 is 24.6 Å². The summed E-state index contributed by atoms with van der Waals surface area (Å²) in [5, 5.41) is 17.5. The van der Waals surface area contributed by atoms with Gasteiger partial charge in [0, 0.05) is 18.8 Å². The Morgan fingerprint density at radius 1 is 1.04 bits per heavy atom. The van der Waals surface area contributed by atoms with Gasteiger partial charge >= 0.3 is 11.9 Å². The molecule has 2 N–H and O–H groups in total. The largest absolute Gasteiger partial charge is 0.481 e. The van der Waals surface area contributed by atoms with Gasteiger partial charge in [-0.3, -0.25) is 9.59 Å². The quantitative estimate of drug-likeness (QED) is 0.604. The Hall–Kier alpha value is -2.43. The van der Waals surface area contributed by atoms with Crippen LogP contribution in [0.25, 0.3) is 6.08 Å². The second-order valence-electron chi connectivity index (χ2n) is 6.91. The molecule has 0 saturated heterocycles. The molecule has 140 valence electrons. The third kappa shape index (κ3) is 6.14. The van der Waals surface area contributed by atoms with Crippen LogP contribution in [0.1, 0.15) is 67.3 Å². The number of carbonyl (C=O) groups is 3. The molecule has 0 radical (unpaired) electrons. The van der Waals surface area contributed by atoms with Crippen molar-refractivity contribution in [3.8, 4) is 0 Å². The van der Waals surface area contributed by atoms with E-state index in [2.05, 4.69) is 6.08 Å². The molecule has 0 aromatic heterocycles. The van der Waals surface area contributed by atoms with Gasteiger partial charge in [-0.05, 0) is 42.9 Å². The number of unbranched alkanes of at least 4 members (excludes halogenated alkanes) is 3. The van der Waals surface area contributed by atoms with E-state index in [-0.39, 0.29) is 23.8 Å². The number of hydrogen-bond acceptors (Lipinski definition) is 3. The van der Waals surface area contributed by atoms with Crippen LogP contribution in [0.5, 0.6) is 0 Å². The Labute approximate surface area is 153 Å². The molecule has 1 aliphatic rings. The number of benzene rings is 1. The molecule has 0 amide bonds. The van der Waals surface area contributed by atoms with Crippen LogP contribution < -0.4 is 0 Å². The summed E-state index contributed by atoms with van der Waals surface area (Å²) in [4.78, 5) is 33.5. The first-order chi connectivity index (χ1) is 12.5. The van der Waals surface area contributed by atoms with Crippen molar-refractivity contribution in [1.82, 2.24) is 0 Å². The zero-order valence-corrected chi connectivity index (χ0v) is 14.9. The van der Waals surface area contributed by atoms with E-state index in [0.29, 0.717) is 18.6 Å². The summed E-state index contributed by atoms with van der Waals surface area (Å²) in [5.41, 5.74) is 1.20. The van der Waals surface area contributed by atoms with Crippen LogP contribution in [0.2, 0.25) is 0 Å². The number of aromatic carboxylic acids is 1. The summed E-state index contributed by atoms with van der Waals surface area (Å²) in [6, 6.07) is 6.70. The molecule has 26 heavy (non-hydrogen) atoms. The molecule has 2 rings (SSSR count). The maximum absolute atomic E-state index is 12.1. The number of aliphatic carboxylic acids is 1. The highest BCUT2D eigenvalue weighted by Gasteiger charge is 2.32. The normalized spacial score (nSPS) is 19.9. The minimum absolute atomic E-state index is 0.0593. The molecular weight excluding hydrogens is 332 g/mol. The molecule has 5 nitrogen and oxygen atoms in total. The standard InChI is InChI=1S/C21H26O5/c22-19-14-13-16(18(19)5-3-1-2-4-6-20(23)24)10-7-15-8-11-17(12-9-15)21(25)26/h7-12,16,18H,1-6,13-14H2,(H,23,24)(H,25,26). The Bertz CT molecular complexity index is 659. The smallest absolute Gasteiger partial charge is 0.335 e. The lowest BCUT2D eigenvalue weighted by molar-refractivity contribution is -0.137. The summed E-state index contributed by atoms with van der Waals surface area (Å²) in [5.74, 6) is -1.07. The molecular formula is C21H26O5. The predicted octanol–water partition coefficient (Wildman–Crippen LogP) is 4.42. The average molecular weight is 358 g/mol. The van der Waals surface area contributed by atoms with Crippen molar-refractivity contribution in [3.63, 3.8) is 0 Å². The maximum Gasteiger partial charge on any atom is 0.335 e. The minimum Gasteiger partial charge on any atom is -0.481 e. The van der Waals surface area contributed by atoms with Crippen molar-refractivity contribution in [2.45, 2.75) is 51.4 Å². The monoisotopic (exact) mass is 358 g/mol. The third-order valence-electron chi connectivity index (χ3n) is 5.00. The van der Waals surface area contributed by atoms with E-state index in [1.54, 1.807) is 24.3 Å². The minimum atomic E-state index is -0.940. The number of hydrogen-bond donors (Lipinski definition) is 2. The summed E-state index contributed by atoms with van der Waals surface area (Å²) < 4.78 is 0. The lowest BCUT2D eigenvalue weighted by atomic mass is 9.89. The molecule has 0 heterocycles. The number of Topliss-reactive ketones (excluding diaryl/α,β-unsaturated/α-hetero) is 1. The first-order valence-corrected chi connectivity index (χ1v) is 9.23. The van der Waals surface area contributed by atoms with Gasteiger partial charge in [-0.25, -0.2) is 4.79 Å². The van der Waals surface area contributed by atoms with E-state index in [9.17, 15) is 14.4 Å². The van der Waals surface area contributed by atoms with Gasteiger partial charge < -0.3 is 10.2 Å². The van der Waals surface area contributed by atoms with Crippen LogP contribution >= 0.6 is 0 Å². The van der Waals surface area contributed by atoms with E-state index in [1.165, 1.54) is 0 Å². The van der Waals surface area contributed by atoms with Crippen molar-refractivity contribution in [1.29, 1.82) is 0 Å². The van der Waals surface area contributed by atoms with Crippen molar-refractivity contribution in [2.24, 2.45) is 11.8 Å². The Kier molecular flexibility index (Phi) is 7.57. The number of allylic oxidation sites excluding steroid dienone is 1. The predicted molar refractivity (Wildman–Crippen MR) is 99.0 cm³/mol. The average Bonchev–Trinajstić information content (AvgIpc) is 2.96. The Balaban J connectivity index is 1.82. The lowest BCUT2D eigenvalue weighted by Crippen LogP contribution is -2.13. The molecule has 1 saturated carbocycles. The molecule has 1 aromatic carbocycles. The van der Waals surface area contributed by atoms with Crippen LogP contribution in [0.15, 0.2) is 30.3 Å². The molecule has 0 bridgehead atoms. The van der Waals surface area contributed by atoms with E-state index < -0.39 is 11.9 Å². The van der Waals surface area contributed by atoms with Gasteiger partial charge in [-0.15, -0.1) is 0 Å². The van der Waals surface area contributed by atoms with Gasteiger partial charge in [0.15, 0.2) is 0 Å². The van der Waals surface area contributed by atoms with Crippen LogP contribution in [0, 0.1) is 11.8 Å². The van der Waals surface area contributed by atoms with Gasteiger partial charge in [0.05, 0.1) is 5.56 Å². The van der Waals surface area contributed by atoms with E-state index >= 15 is 0 Å². The molecule has 5 heteroatoms. The number of ketones is 1. The topological polar surface area (TPSA) is 91.7 Å². The fourth-order valence-electron chi connectivity index (χ4n) is 3.51. The zero-order chi connectivity index (χ0) is 18.9. The SMILES string of the molecule is O=C(O)CCCCCCC1C(=O)CCC1C=Cc1ccc(C(=O)O)cc1. The van der Waals surface area contributed by atoms with E-state index in [1.807, 2.05) is 6.08 Å². The molecule has 1 aromatic rings. The first-order valence-electron chi connectivity index (χ1n) is 9.23. The summed E-state index contributed by atoms with van der Waals surface area (Å²) >= 11 is 0. The molecule has 1 aliphatic carbocycles. The number of carboxylic acids is 2. The summed E-state index contributed by atoms with van der Waals surface area (Å²) in [6.45, 7) is 0. The van der Waals surface area contributed by atoms with Gasteiger partial charge in [0.2, 0.25) is 0 Å². The van der Waals surface area contributed by atoms with E-state index in [4.69, 9.17) is 10.2 Å². The zero-order valence-electron chi connectivity index (χ0n) is 14.9. The van der Waals surface area contributed by atoms with Crippen molar-refractivity contribution in [3.05, 3.63) is 41.5 Å². The second-order valence-corrected chi connectivity index (χ2v) is 6.91. The molecule has 0 spiro atoms. The number of rotatable bonds is 10. The third-order valence-corrected chi connectivity index (χ3v) is 5.00. The van der Waals surface area contributed by atoms with Crippen LogP contribution in [-0.2, 0) is 9.59 Å². The van der Waals surface area contributed by atoms with Crippen LogP contribution in [0.3, 0.4) is 0 Å². The number of carbonyl (C=O) groups excluding carboxylic acids is 1. The van der Waals surface area contributed by atoms with E-state index in [0.717, 1.165) is 37.7 Å². The summed E-state index contributed by atoms with van der Waals surface area (Å²) in [6.07, 6.45) is 10.1. The van der Waals surface area contributed by atoms with Crippen molar-refractivity contribution in [2.75, 3.05) is 0 Å².